The normalized spacial score (nSPS) is 17.9. The fourth-order valence-corrected chi connectivity index (χ4v) is 3.21. The Hall–Kier alpha value is -2.20. The van der Waals surface area contributed by atoms with Crippen LogP contribution in [0.1, 0.15) is 24.3 Å². The highest BCUT2D eigenvalue weighted by molar-refractivity contribution is 5.67. The smallest absolute Gasteiger partial charge is 0.207 e. The number of benzene rings is 1. The van der Waals surface area contributed by atoms with Gasteiger partial charge in [-0.2, -0.15) is 4.98 Å². The first-order valence-electron chi connectivity index (χ1n) is 7.37. The Kier molecular flexibility index (Phi) is 2.97. The number of nitrogens with one attached hydrogen (secondary N) is 1. The van der Waals surface area contributed by atoms with Crippen LogP contribution in [0.2, 0.25) is 0 Å². The summed E-state index contributed by atoms with van der Waals surface area (Å²) in [5, 5.41) is 3.43. The van der Waals surface area contributed by atoms with Crippen LogP contribution in [0.25, 0.3) is 11.2 Å². The molecule has 1 fully saturated rings. The van der Waals surface area contributed by atoms with Gasteiger partial charge in [-0.05, 0) is 43.6 Å². The van der Waals surface area contributed by atoms with Crippen LogP contribution in [0.3, 0.4) is 0 Å². The molecule has 0 amide bonds. The van der Waals surface area contributed by atoms with Gasteiger partial charge in [0, 0.05) is 6.20 Å². The lowest BCUT2D eigenvalue weighted by atomic mass is 9.73. The quantitative estimate of drug-likeness (QED) is 0.783. The maximum atomic E-state index is 6.06. The van der Waals surface area contributed by atoms with Gasteiger partial charge in [-0.15, -0.1) is 0 Å². The third kappa shape index (κ3) is 2.03. The summed E-state index contributed by atoms with van der Waals surface area (Å²) in [6.45, 7) is 1.95. The van der Waals surface area contributed by atoms with Crippen molar-refractivity contribution in [2.24, 2.45) is 0 Å². The van der Waals surface area contributed by atoms with E-state index in [0.717, 1.165) is 37.4 Å². The number of hydrogen-bond acceptors (Lipinski definition) is 4. The number of hydrogen-bond donors (Lipinski definition) is 1. The highest BCUT2D eigenvalue weighted by Crippen LogP contribution is 2.40. The molecule has 4 rings (SSSR count). The molecule has 21 heavy (non-hydrogen) atoms. The van der Waals surface area contributed by atoms with Gasteiger partial charge >= 0.3 is 0 Å². The third-order valence-corrected chi connectivity index (χ3v) is 4.36. The van der Waals surface area contributed by atoms with Gasteiger partial charge in [0.05, 0.1) is 5.41 Å². The highest BCUT2D eigenvalue weighted by atomic mass is 16.3. The summed E-state index contributed by atoms with van der Waals surface area (Å²) in [5.41, 5.74) is 2.59. The van der Waals surface area contributed by atoms with Gasteiger partial charge in [0.25, 0.3) is 0 Å². The SMILES string of the molecule is c1ccc(C2(c3nc4ncccc4o3)CCNCC2)cc1. The van der Waals surface area contributed by atoms with Crippen molar-refractivity contribution < 1.29 is 4.42 Å². The molecule has 1 aliphatic rings. The van der Waals surface area contributed by atoms with Crippen molar-refractivity contribution in [3.05, 3.63) is 60.1 Å². The van der Waals surface area contributed by atoms with Crippen molar-refractivity contribution >= 4 is 11.2 Å². The van der Waals surface area contributed by atoms with Gasteiger partial charge in [-0.3, -0.25) is 0 Å². The molecular weight excluding hydrogens is 262 g/mol. The van der Waals surface area contributed by atoms with Crippen LogP contribution in [0, 0.1) is 0 Å². The summed E-state index contributed by atoms with van der Waals surface area (Å²) < 4.78 is 6.06. The number of nitrogens with zero attached hydrogens (tertiary/aromatic N) is 2. The summed E-state index contributed by atoms with van der Waals surface area (Å²) in [4.78, 5) is 8.98. The highest BCUT2D eigenvalue weighted by Gasteiger charge is 2.40. The molecule has 0 saturated carbocycles. The van der Waals surface area contributed by atoms with Gasteiger partial charge in [0.15, 0.2) is 11.2 Å². The minimum absolute atomic E-state index is 0.146. The minimum atomic E-state index is -0.146. The average molecular weight is 279 g/mol. The number of fused-ring (bicyclic) bond motifs is 1. The zero-order chi connectivity index (χ0) is 14.1. The van der Waals surface area contributed by atoms with Crippen LogP contribution in [0.4, 0.5) is 0 Å². The second-order valence-corrected chi connectivity index (χ2v) is 5.54. The topological polar surface area (TPSA) is 51.0 Å². The van der Waals surface area contributed by atoms with Gasteiger partial charge < -0.3 is 9.73 Å². The molecule has 0 bridgehead atoms. The van der Waals surface area contributed by atoms with E-state index < -0.39 is 0 Å². The lowest BCUT2D eigenvalue weighted by Gasteiger charge is -2.35. The van der Waals surface area contributed by atoms with Gasteiger partial charge in [-0.25, -0.2) is 4.98 Å². The molecule has 1 aliphatic heterocycles. The Labute approximate surface area is 123 Å². The molecule has 3 aromatic rings. The first-order valence-corrected chi connectivity index (χ1v) is 7.37. The predicted molar refractivity (Wildman–Crippen MR) is 81.1 cm³/mol. The Morgan fingerprint density at radius 1 is 1.00 bits per heavy atom. The van der Waals surface area contributed by atoms with E-state index in [2.05, 4.69) is 39.6 Å². The van der Waals surface area contributed by atoms with E-state index in [4.69, 9.17) is 4.42 Å². The standard InChI is InChI=1S/C17H17N3O/c1-2-5-13(6-3-1)17(8-11-18-12-9-17)16-20-15-14(21-16)7-4-10-19-15/h1-7,10,18H,8-9,11-12H2. The van der Waals surface area contributed by atoms with Crippen molar-refractivity contribution in [2.45, 2.75) is 18.3 Å². The molecule has 3 heterocycles. The Bertz CT molecular complexity index is 712. The molecule has 0 spiro atoms. The van der Waals surface area contributed by atoms with Crippen LogP contribution >= 0.6 is 0 Å². The van der Waals surface area contributed by atoms with Gasteiger partial charge in [-0.1, -0.05) is 30.3 Å². The zero-order valence-corrected chi connectivity index (χ0v) is 11.7. The summed E-state index contributed by atoms with van der Waals surface area (Å²) in [5.74, 6) is 0.795. The fraction of sp³-hybridized carbons (Fsp3) is 0.294. The fourth-order valence-electron chi connectivity index (χ4n) is 3.21. The van der Waals surface area contributed by atoms with Crippen LogP contribution in [0.15, 0.2) is 53.1 Å². The maximum Gasteiger partial charge on any atom is 0.207 e. The van der Waals surface area contributed by atoms with Gasteiger partial charge in [0.1, 0.15) is 0 Å². The molecule has 0 unspecified atom stereocenters. The Balaban J connectivity index is 1.89. The molecule has 0 aliphatic carbocycles. The predicted octanol–water partition coefficient (Wildman–Crippen LogP) is 2.89. The third-order valence-electron chi connectivity index (χ3n) is 4.36. The first-order chi connectivity index (χ1) is 10.4. The van der Waals surface area contributed by atoms with Crippen molar-refractivity contribution in [2.75, 3.05) is 13.1 Å². The monoisotopic (exact) mass is 279 g/mol. The van der Waals surface area contributed by atoms with Crippen molar-refractivity contribution in [1.82, 2.24) is 15.3 Å². The molecule has 0 radical (unpaired) electrons. The molecule has 1 saturated heterocycles. The van der Waals surface area contributed by atoms with Gasteiger partial charge in [0.2, 0.25) is 5.89 Å². The molecule has 1 N–H and O–H groups in total. The molecule has 1 aromatic carbocycles. The lowest BCUT2D eigenvalue weighted by molar-refractivity contribution is 0.298. The summed E-state index contributed by atoms with van der Waals surface area (Å²) in [6, 6.07) is 14.4. The number of aromatic nitrogens is 2. The van der Waals surface area contributed by atoms with E-state index in [-0.39, 0.29) is 5.41 Å². The number of rotatable bonds is 2. The molecular formula is C17H17N3O. The second-order valence-electron chi connectivity index (χ2n) is 5.54. The second kappa shape index (κ2) is 4.97. The molecule has 4 nitrogen and oxygen atoms in total. The van der Waals surface area contributed by atoms with E-state index in [1.807, 2.05) is 18.2 Å². The summed E-state index contributed by atoms with van der Waals surface area (Å²) in [6.07, 6.45) is 3.74. The van der Waals surface area contributed by atoms with Crippen LogP contribution in [-0.4, -0.2) is 23.1 Å². The van der Waals surface area contributed by atoms with E-state index in [1.54, 1.807) is 6.20 Å². The lowest BCUT2D eigenvalue weighted by Crippen LogP contribution is -2.41. The Morgan fingerprint density at radius 3 is 2.57 bits per heavy atom. The summed E-state index contributed by atoms with van der Waals surface area (Å²) in [7, 11) is 0. The summed E-state index contributed by atoms with van der Waals surface area (Å²) >= 11 is 0. The van der Waals surface area contributed by atoms with Crippen molar-refractivity contribution in [3.8, 4) is 0 Å². The maximum absolute atomic E-state index is 6.06. The molecule has 4 heteroatoms. The van der Waals surface area contributed by atoms with E-state index in [1.165, 1.54) is 5.56 Å². The average Bonchev–Trinajstić information content (AvgIpc) is 3.01. The van der Waals surface area contributed by atoms with Crippen LogP contribution in [-0.2, 0) is 5.41 Å². The molecule has 2 aromatic heterocycles. The van der Waals surface area contributed by atoms with E-state index in [0.29, 0.717) is 5.65 Å². The van der Waals surface area contributed by atoms with E-state index in [9.17, 15) is 0 Å². The van der Waals surface area contributed by atoms with E-state index >= 15 is 0 Å². The number of piperidine rings is 1. The van der Waals surface area contributed by atoms with Crippen molar-refractivity contribution in [3.63, 3.8) is 0 Å². The molecule has 106 valence electrons. The number of oxazole rings is 1. The van der Waals surface area contributed by atoms with Crippen LogP contribution in [0.5, 0.6) is 0 Å². The first kappa shape index (κ1) is 12.5. The Morgan fingerprint density at radius 2 is 1.81 bits per heavy atom. The largest absolute Gasteiger partial charge is 0.438 e. The van der Waals surface area contributed by atoms with Crippen LogP contribution < -0.4 is 5.32 Å². The molecule has 0 atom stereocenters. The minimum Gasteiger partial charge on any atom is -0.438 e. The number of pyridine rings is 1. The van der Waals surface area contributed by atoms with Crippen molar-refractivity contribution in [1.29, 1.82) is 0 Å². The zero-order valence-electron chi connectivity index (χ0n) is 11.7.